The summed E-state index contributed by atoms with van der Waals surface area (Å²) in [7, 11) is 1.34. The third-order valence-corrected chi connectivity index (χ3v) is 3.33. The van der Waals surface area contributed by atoms with E-state index in [-0.39, 0.29) is 0 Å². The molecule has 0 fully saturated rings. The molecule has 0 unspecified atom stereocenters. The highest BCUT2D eigenvalue weighted by Gasteiger charge is 2.13. The van der Waals surface area contributed by atoms with Crippen LogP contribution in [0.5, 0.6) is 0 Å². The fourth-order valence-electron chi connectivity index (χ4n) is 1.24. The molecule has 0 N–H and O–H groups in total. The number of esters is 1. The van der Waals surface area contributed by atoms with Crippen LogP contribution in [-0.2, 0) is 4.74 Å². The molecule has 2 rings (SSSR count). The number of carbonyl (C=O) groups is 1. The van der Waals surface area contributed by atoms with Crippen LogP contribution >= 0.6 is 27.3 Å². The molecular formula is C11H13BrN2O2S. The lowest BCUT2D eigenvalue weighted by molar-refractivity contribution is 0.0594. The van der Waals surface area contributed by atoms with E-state index >= 15 is 0 Å². The molecular weight excluding hydrogens is 304 g/mol. The zero-order valence-corrected chi connectivity index (χ0v) is 12.5. The molecule has 4 nitrogen and oxygen atoms in total. The SMILES string of the molecule is CC.COC(=O)c1cc(C)c2nc(Br)sc2n1. The average Bonchev–Trinajstić information content (AvgIpc) is 2.71. The lowest BCUT2D eigenvalue weighted by Gasteiger charge is -1.99. The third kappa shape index (κ3) is 3.01. The first-order valence-electron chi connectivity index (χ1n) is 5.14. The highest BCUT2D eigenvalue weighted by Crippen LogP contribution is 2.27. The zero-order chi connectivity index (χ0) is 13.0. The Bertz CT molecular complexity index is 539. The van der Waals surface area contributed by atoms with Crippen molar-refractivity contribution in [3.05, 3.63) is 21.2 Å². The largest absolute Gasteiger partial charge is 0.464 e. The topological polar surface area (TPSA) is 52.1 Å². The van der Waals surface area contributed by atoms with Crippen molar-refractivity contribution in [1.82, 2.24) is 9.97 Å². The smallest absolute Gasteiger partial charge is 0.356 e. The van der Waals surface area contributed by atoms with Crippen LogP contribution in [0.2, 0.25) is 0 Å². The van der Waals surface area contributed by atoms with Gasteiger partial charge in [0.15, 0.2) is 3.92 Å². The van der Waals surface area contributed by atoms with Crippen LogP contribution in [0.25, 0.3) is 10.3 Å². The normalized spacial score (nSPS) is 9.71. The number of pyridine rings is 1. The van der Waals surface area contributed by atoms with Gasteiger partial charge >= 0.3 is 5.97 Å². The van der Waals surface area contributed by atoms with E-state index in [2.05, 4.69) is 30.6 Å². The van der Waals surface area contributed by atoms with Gasteiger partial charge in [-0.2, -0.15) is 0 Å². The molecule has 0 radical (unpaired) electrons. The van der Waals surface area contributed by atoms with Crippen LogP contribution < -0.4 is 0 Å². The number of rotatable bonds is 1. The molecule has 2 heterocycles. The van der Waals surface area contributed by atoms with Gasteiger partial charge in [0.1, 0.15) is 16.0 Å². The molecule has 0 aliphatic heterocycles. The van der Waals surface area contributed by atoms with E-state index in [0.717, 1.165) is 19.8 Å². The molecule has 0 spiro atoms. The van der Waals surface area contributed by atoms with E-state index in [1.54, 1.807) is 6.07 Å². The molecule has 6 heteroatoms. The first-order chi connectivity index (χ1) is 8.11. The predicted molar refractivity (Wildman–Crippen MR) is 72.5 cm³/mol. The van der Waals surface area contributed by atoms with Gasteiger partial charge in [0.2, 0.25) is 0 Å². The first kappa shape index (κ1) is 14.1. The monoisotopic (exact) mass is 316 g/mol. The number of fused-ring (bicyclic) bond motifs is 1. The fraction of sp³-hybridized carbons (Fsp3) is 0.364. The highest BCUT2D eigenvalue weighted by molar-refractivity contribution is 9.11. The van der Waals surface area contributed by atoms with Crippen LogP contribution in [0, 0.1) is 6.92 Å². The predicted octanol–water partition coefficient (Wildman–Crippen LogP) is 3.58. The second-order valence-corrected chi connectivity index (χ2v) is 5.19. The van der Waals surface area contributed by atoms with Gasteiger partial charge in [-0.1, -0.05) is 25.2 Å². The minimum absolute atomic E-state index is 0.318. The third-order valence-electron chi connectivity index (χ3n) is 1.93. The van der Waals surface area contributed by atoms with Gasteiger partial charge < -0.3 is 4.74 Å². The van der Waals surface area contributed by atoms with E-state index in [9.17, 15) is 4.79 Å². The maximum Gasteiger partial charge on any atom is 0.356 e. The molecule has 92 valence electrons. The Hall–Kier alpha value is -1.01. The summed E-state index contributed by atoms with van der Waals surface area (Å²) < 4.78 is 5.38. The molecule has 2 aromatic heterocycles. The molecule has 0 aromatic carbocycles. The number of aryl methyl sites for hydroxylation is 1. The minimum Gasteiger partial charge on any atom is -0.464 e. The number of halogens is 1. The van der Waals surface area contributed by atoms with Crippen LogP contribution in [0.3, 0.4) is 0 Å². The number of hydrogen-bond donors (Lipinski definition) is 0. The first-order valence-corrected chi connectivity index (χ1v) is 6.74. The van der Waals surface area contributed by atoms with Crippen molar-refractivity contribution in [2.75, 3.05) is 7.11 Å². The molecule has 0 saturated carbocycles. The number of ether oxygens (including phenoxy) is 1. The summed E-state index contributed by atoms with van der Waals surface area (Å²) in [5, 5.41) is 0. The number of nitrogens with zero attached hydrogens (tertiary/aromatic N) is 2. The minimum atomic E-state index is -0.426. The Morgan fingerprint density at radius 3 is 2.65 bits per heavy atom. The number of carbonyl (C=O) groups excluding carboxylic acids is 1. The number of thiazole rings is 1. The second-order valence-electron chi connectivity index (χ2n) is 2.94. The van der Waals surface area contributed by atoms with Gasteiger partial charge in [0.05, 0.1) is 7.11 Å². The average molecular weight is 317 g/mol. The summed E-state index contributed by atoms with van der Waals surface area (Å²) in [5.74, 6) is -0.426. The maximum absolute atomic E-state index is 11.3. The molecule has 0 aliphatic rings. The Balaban J connectivity index is 0.000000686. The van der Waals surface area contributed by atoms with Crippen molar-refractivity contribution in [1.29, 1.82) is 0 Å². The summed E-state index contributed by atoms with van der Waals surface area (Å²) >= 11 is 4.68. The Kier molecular flexibility index (Phi) is 5.02. The van der Waals surface area contributed by atoms with Crippen molar-refractivity contribution < 1.29 is 9.53 Å². The fourth-order valence-corrected chi connectivity index (χ4v) is 2.62. The highest BCUT2D eigenvalue weighted by atomic mass is 79.9. The molecule has 2 aromatic rings. The summed E-state index contributed by atoms with van der Waals surface area (Å²) in [6.07, 6.45) is 0. The van der Waals surface area contributed by atoms with Crippen molar-refractivity contribution in [3.8, 4) is 0 Å². The number of hydrogen-bond acceptors (Lipinski definition) is 5. The number of methoxy groups -OCH3 is 1. The van der Waals surface area contributed by atoms with Gasteiger partial charge in [0, 0.05) is 0 Å². The summed E-state index contributed by atoms with van der Waals surface area (Å²) in [6, 6.07) is 1.68. The van der Waals surface area contributed by atoms with E-state index in [4.69, 9.17) is 0 Å². The quantitative estimate of drug-likeness (QED) is 0.755. The van der Waals surface area contributed by atoms with Crippen molar-refractivity contribution >= 4 is 43.6 Å². The Morgan fingerprint density at radius 1 is 1.41 bits per heavy atom. The van der Waals surface area contributed by atoms with E-state index in [0.29, 0.717) is 5.69 Å². The standard InChI is InChI=1S/C9H7BrN2O2S.C2H6/c1-4-3-5(8(13)14-2)11-7-6(4)12-9(10)15-7;1-2/h3H,1-2H3;1-2H3. The lowest BCUT2D eigenvalue weighted by Crippen LogP contribution is -2.04. The van der Waals surface area contributed by atoms with Crippen molar-refractivity contribution in [2.24, 2.45) is 0 Å². The van der Waals surface area contributed by atoms with E-state index in [1.165, 1.54) is 18.4 Å². The summed E-state index contributed by atoms with van der Waals surface area (Å²) in [4.78, 5) is 20.5. The summed E-state index contributed by atoms with van der Waals surface area (Å²) in [6.45, 7) is 5.89. The van der Waals surface area contributed by atoms with Gasteiger partial charge in [-0.25, -0.2) is 14.8 Å². The van der Waals surface area contributed by atoms with Crippen molar-refractivity contribution in [3.63, 3.8) is 0 Å². The van der Waals surface area contributed by atoms with E-state index < -0.39 is 5.97 Å². The Morgan fingerprint density at radius 2 is 2.06 bits per heavy atom. The van der Waals surface area contributed by atoms with Crippen LogP contribution in [0.15, 0.2) is 9.98 Å². The molecule has 0 saturated heterocycles. The van der Waals surface area contributed by atoms with Gasteiger partial charge in [-0.15, -0.1) is 0 Å². The van der Waals surface area contributed by atoms with Gasteiger partial charge in [0.25, 0.3) is 0 Å². The van der Waals surface area contributed by atoms with Crippen LogP contribution in [0.4, 0.5) is 0 Å². The molecule has 0 atom stereocenters. The number of aromatic nitrogens is 2. The van der Waals surface area contributed by atoms with Crippen LogP contribution in [0.1, 0.15) is 29.9 Å². The lowest BCUT2D eigenvalue weighted by atomic mass is 10.2. The zero-order valence-electron chi connectivity index (χ0n) is 10.1. The Labute approximate surface area is 112 Å². The van der Waals surface area contributed by atoms with Gasteiger partial charge in [-0.3, -0.25) is 0 Å². The van der Waals surface area contributed by atoms with E-state index in [1.807, 2.05) is 20.8 Å². The second kappa shape index (κ2) is 6.07. The van der Waals surface area contributed by atoms with Gasteiger partial charge in [-0.05, 0) is 34.5 Å². The molecule has 0 amide bonds. The molecule has 17 heavy (non-hydrogen) atoms. The maximum atomic E-state index is 11.3. The molecule has 0 bridgehead atoms. The van der Waals surface area contributed by atoms with Crippen LogP contribution in [-0.4, -0.2) is 23.0 Å². The summed E-state index contributed by atoms with van der Waals surface area (Å²) in [5.41, 5.74) is 2.06. The molecule has 0 aliphatic carbocycles. The van der Waals surface area contributed by atoms with Crippen molar-refractivity contribution in [2.45, 2.75) is 20.8 Å².